The van der Waals surface area contributed by atoms with Gasteiger partial charge < -0.3 is 5.32 Å². The highest BCUT2D eigenvalue weighted by molar-refractivity contribution is 7.89. The lowest BCUT2D eigenvalue weighted by Crippen LogP contribution is -2.24. The molecule has 0 saturated heterocycles. The molecule has 0 bridgehead atoms. The minimum atomic E-state index is -3.77. The van der Waals surface area contributed by atoms with E-state index in [0.29, 0.717) is 11.1 Å². The highest BCUT2D eigenvalue weighted by Crippen LogP contribution is 2.24. The van der Waals surface area contributed by atoms with Gasteiger partial charge in [0.05, 0.1) is 4.90 Å². The number of hydrogen-bond donors (Lipinski definition) is 2. The lowest BCUT2D eigenvalue weighted by molar-refractivity contribution is 0.102. The molecule has 30 heavy (non-hydrogen) atoms. The molecule has 0 aromatic heterocycles. The molecule has 3 aromatic carbocycles. The fraction of sp³-hybridized carbons (Fsp3) is 0.208. The summed E-state index contributed by atoms with van der Waals surface area (Å²) in [5.74, 6) is -0.343. The van der Waals surface area contributed by atoms with Gasteiger partial charge in [0.25, 0.3) is 5.91 Å². The number of aryl methyl sites for hydroxylation is 4. The second-order valence-electron chi connectivity index (χ2n) is 7.52. The maximum atomic E-state index is 12.9. The van der Waals surface area contributed by atoms with Gasteiger partial charge in [0.15, 0.2) is 0 Å². The van der Waals surface area contributed by atoms with Crippen LogP contribution in [-0.2, 0) is 16.6 Å². The van der Waals surface area contributed by atoms with Gasteiger partial charge in [-0.2, -0.15) is 0 Å². The highest BCUT2D eigenvalue weighted by Gasteiger charge is 2.19. The summed E-state index contributed by atoms with van der Waals surface area (Å²) in [7, 11) is -3.77. The van der Waals surface area contributed by atoms with Gasteiger partial charge in [-0.15, -0.1) is 0 Å². The second-order valence-corrected chi connectivity index (χ2v) is 9.25. The molecular formula is C24H26N2O3S. The summed E-state index contributed by atoms with van der Waals surface area (Å²) in [4.78, 5) is 12.9. The average molecular weight is 423 g/mol. The van der Waals surface area contributed by atoms with E-state index in [-0.39, 0.29) is 17.3 Å². The molecule has 1 amide bonds. The maximum Gasteiger partial charge on any atom is 0.255 e. The van der Waals surface area contributed by atoms with Crippen molar-refractivity contribution in [1.29, 1.82) is 0 Å². The van der Waals surface area contributed by atoms with E-state index in [1.54, 1.807) is 19.1 Å². The number of nitrogens with one attached hydrogen (secondary N) is 2. The van der Waals surface area contributed by atoms with Crippen LogP contribution in [-0.4, -0.2) is 14.3 Å². The molecule has 0 saturated carbocycles. The van der Waals surface area contributed by atoms with Crippen molar-refractivity contribution in [2.45, 2.75) is 39.1 Å². The summed E-state index contributed by atoms with van der Waals surface area (Å²) in [5.41, 5.74) is 5.53. The van der Waals surface area contributed by atoms with Gasteiger partial charge in [0.1, 0.15) is 0 Å². The Kier molecular flexibility index (Phi) is 6.39. The molecule has 0 radical (unpaired) electrons. The Hall–Kier alpha value is -2.96. The highest BCUT2D eigenvalue weighted by atomic mass is 32.2. The lowest BCUT2D eigenvalue weighted by atomic mass is 10.0. The number of carbonyl (C=O) groups excluding carboxylic acids is 1. The molecule has 3 aromatic rings. The van der Waals surface area contributed by atoms with E-state index >= 15 is 0 Å². The number of benzene rings is 3. The topological polar surface area (TPSA) is 75.3 Å². The van der Waals surface area contributed by atoms with E-state index in [1.807, 2.05) is 63.2 Å². The maximum absolute atomic E-state index is 12.9. The summed E-state index contributed by atoms with van der Waals surface area (Å²) < 4.78 is 28.3. The average Bonchev–Trinajstić information content (AvgIpc) is 2.70. The minimum absolute atomic E-state index is 0.100. The third-order valence-electron chi connectivity index (χ3n) is 4.96. The predicted molar refractivity (Wildman–Crippen MR) is 120 cm³/mol. The lowest BCUT2D eigenvalue weighted by Gasteiger charge is -2.14. The molecule has 0 aliphatic carbocycles. The normalized spacial score (nSPS) is 11.3. The molecule has 0 heterocycles. The van der Waals surface area contributed by atoms with Crippen LogP contribution in [0.5, 0.6) is 0 Å². The summed E-state index contributed by atoms with van der Waals surface area (Å²) in [6.45, 7) is 7.78. The van der Waals surface area contributed by atoms with Crippen molar-refractivity contribution in [3.05, 3.63) is 94.0 Å². The Morgan fingerprint density at radius 1 is 0.833 bits per heavy atom. The fourth-order valence-electron chi connectivity index (χ4n) is 3.45. The molecule has 0 aliphatic rings. The van der Waals surface area contributed by atoms with Crippen LogP contribution in [0.25, 0.3) is 0 Å². The van der Waals surface area contributed by atoms with Gasteiger partial charge in [-0.25, -0.2) is 13.1 Å². The summed E-state index contributed by atoms with van der Waals surface area (Å²) in [5, 5.41) is 2.92. The predicted octanol–water partition coefficient (Wildman–Crippen LogP) is 4.65. The van der Waals surface area contributed by atoms with Crippen molar-refractivity contribution in [3.63, 3.8) is 0 Å². The zero-order valence-corrected chi connectivity index (χ0v) is 18.4. The number of amides is 1. The van der Waals surface area contributed by atoms with E-state index in [1.165, 1.54) is 6.07 Å². The third kappa shape index (κ3) is 4.96. The Balaban J connectivity index is 1.85. The minimum Gasteiger partial charge on any atom is -0.322 e. The summed E-state index contributed by atoms with van der Waals surface area (Å²) >= 11 is 0. The second kappa shape index (κ2) is 8.81. The van der Waals surface area contributed by atoms with Gasteiger partial charge in [-0.3, -0.25) is 4.79 Å². The van der Waals surface area contributed by atoms with Crippen LogP contribution in [0.2, 0.25) is 0 Å². The Morgan fingerprint density at radius 3 is 2.10 bits per heavy atom. The first-order valence-corrected chi connectivity index (χ1v) is 11.2. The molecule has 5 nitrogen and oxygen atoms in total. The van der Waals surface area contributed by atoms with Crippen LogP contribution in [0.4, 0.5) is 5.69 Å². The molecule has 0 spiro atoms. The van der Waals surface area contributed by atoms with E-state index in [2.05, 4.69) is 10.0 Å². The van der Waals surface area contributed by atoms with E-state index in [0.717, 1.165) is 27.9 Å². The summed E-state index contributed by atoms with van der Waals surface area (Å²) in [6, 6.07) is 18.0. The molecular weight excluding hydrogens is 396 g/mol. The van der Waals surface area contributed by atoms with Crippen molar-refractivity contribution < 1.29 is 13.2 Å². The van der Waals surface area contributed by atoms with Gasteiger partial charge in [-0.1, -0.05) is 54.1 Å². The first kappa shape index (κ1) is 21.7. The van der Waals surface area contributed by atoms with Crippen LogP contribution < -0.4 is 10.0 Å². The first-order chi connectivity index (χ1) is 14.2. The molecule has 0 unspecified atom stereocenters. The van der Waals surface area contributed by atoms with Gasteiger partial charge in [0.2, 0.25) is 10.0 Å². The molecule has 0 fully saturated rings. The SMILES string of the molecule is Cc1cc(C)c(NC(=O)c2ccc(C)c(S(=O)(=O)NCc3ccccc3)c2)c(C)c1. The Bertz CT molecular complexity index is 1160. The van der Waals surface area contributed by atoms with Crippen molar-refractivity contribution in [3.8, 4) is 0 Å². The van der Waals surface area contributed by atoms with Crippen LogP contribution >= 0.6 is 0 Å². The first-order valence-electron chi connectivity index (χ1n) is 9.71. The van der Waals surface area contributed by atoms with E-state index < -0.39 is 10.0 Å². The van der Waals surface area contributed by atoms with Gasteiger partial charge >= 0.3 is 0 Å². The number of anilines is 1. The van der Waals surface area contributed by atoms with Crippen molar-refractivity contribution in [1.82, 2.24) is 4.72 Å². The Labute approximate surface area is 178 Å². The van der Waals surface area contributed by atoms with Gasteiger partial charge in [-0.05, 0) is 62.1 Å². The molecule has 0 aliphatic heterocycles. The van der Waals surface area contributed by atoms with E-state index in [9.17, 15) is 13.2 Å². The zero-order chi connectivity index (χ0) is 21.9. The quantitative estimate of drug-likeness (QED) is 0.607. The van der Waals surface area contributed by atoms with Crippen molar-refractivity contribution in [2.75, 3.05) is 5.32 Å². The zero-order valence-electron chi connectivity index (χ0n) is 17.6. The van der Waals surface area contributed by atoms with Crippen molar-refractivity contribution >= 4 is 21.6 Å². The number of hydrogen-bond acceptors (Lipinski definition) is 3. The molecule has 2 N–H and O–H groups in total. The van der Waals surface area contributed by atoms with E-state index in [4.69, 9.17) is 0 Å². The molecule has 6 heteroatoms. The fourth-order valence-corrected chi connectivity index (χ4v) is 4.73. The van der Waals surface area contributed by atoms with Crippen molar-refractivity contribution in [2.24, 2.45) is 0 Å². The van der Waals surface area contributed by atoms with Crippen LogP contribution in [0, 0.1) is 27.7 Å². The third-order valence-corrected chi connectivity index (χ3v) is 6.51. The largest absolute Gasteiger partial charge is 0.322 e. The molecule has 156 valence electrons. The molecule has 3 rings (SSSR count). The summed E-state index contributed by atoms with van der Waals surface area (Å²) in [6.07, 6.45) is 0. The number of sulfonamides is 1. The van der Waals surface area contributed by atoms with Crippen LogP contribution in [0.1, 0.15) is 38.2 Å². The Morgan fingerprint density at radius 2 is 1.47 bits per heavy atom. The smallest absolute Gasteiger partial charge is 0.255 e. The number of carbonyl (C=O) groups is 1. The number of rotatable bonds is 6. The van der Waals surface area contributed by atoms with Crippen LogP contribution in [0.3, 0.4) is 0 Å². The molecule has 0 atom stereocenters. The standard InChI is InChI=1S/C24H26N2O3S/c1-16-12-18(3)23(19(4)13-16)26-24(27)21-11-10-17(2)22(14-21)30(28,29)25-15-20-8-6-5-7-9-20/h5-14,25H,15H2,1-4H3,(H,26,27). The van der Waals surface area contributed by atoms with Crippen LogP contribution in [0.15, 0.2) is 65.6 Å². The monoisotopic (exact) mass is 422 g/mol. The van der Waals surface area contributed by atoms with Gasteiger partial charge in [0, 0.05) is 17.8 Å².